The summed E-state index contributed by atoms with van der Waals surface area (Å²) in [6.07, 6.45) is -2.04. The predicted molar refractivity (Wildman–Crippen MR) is 114 cm³/mol. The highest BCUT2D eigenvalue weighted by atomic mass is 127. The standard InChI is InChI=1S/C18H23F3N6.HI/c1-4-10-22-17(24-12-16-26-25-13(2)27(16)3)23-11-9-14-5-7-15(8-6-14)18(19,20)21;/h4-8H,1,9-12H2,2-3H3,(H2,22,23,24);1H. The van der Waals surface area contributed by atoms with E-state index in [9.17, 15) is 13.2 Å². The Balaban J connectivity index is 0.00000392. The molecule has 2 aromatic rings. The van der Waals surface area contributed by atoms with E-state index >= 15 is 0 Å². The smallest absolute Gasteiger partial charge is 0.356 e. The van der Waals surface area contributed by atoms with Crippen LogP contribution in [0.2, 0.25) is 0 Å². The van der Waals surface area contributed by atoms with Gasteiger partial charge in [-0.1, -0.05) is 18.2 Å². The monoisotopic (exact) mass is 508 g/mol. The molecule has 6 nitrogen and oxygen atoms in total. The van der Waals surface area contributed by atoms with E-state index in [1.54, 1.807) is 6.08 Å². The number of rotatable bonds is 7. The molecule has 0 atom stereocenters. The van der Waals surface area contributed by atoms with Crippen LogP contribution in [0.3, 0.4) is 0 Å². The van der Waals surface area contributed by atoms with Crippen molar-refractivity contribution >= 4 is 29.9 Å². The lowest BCUT2D eigenvalue weighted by Crippen LogP contribution is -2.38. The molecule has 0 saturated heterocycles. The van der Waals surface area contributed by atoms with Crippen LogP contribution in [0.5, 0.6) is 0 Å². The summed E-state index contributed by atoms with van der Waals surface area (Å²) in [4.78, 5) is 4.46. The van der Waals surface area contributed by atoms with Crippen molar-refractivity contribution in [2.75, 3.05) is 13.1 Å². The van der Waals surface area contributed by atoms with E-state index in [0.717, 1.165) is 29.3 Å². The first kappa shape index (κ1) is 23.9. The minimum Gasteiger partial charge on any atom is -0.356 e. The van der Waals surface area contributed by atoms with Gasteiger partial charge in [-0.3, -0.25) is 0 Å². The Morgan fingerprint density at radius 3 is 2.43 bits per heavy atom. The second-order valence-electron chi connectivity index (χ2n) is 5.93. The number of nitrogens with zero attached hydrogens (tertiary/aromatic N) is 4. The number of halogens is 4. The molecule has 1 aromatic heterocycles. The van der Waals surface area contributed by atoms with Crippen LogP contribution in [0.1, 0.15) is 22.8 Å². The fraction of sp³-hybridized carbons (Fsp3) is 0.389. The third kappa shape index (κ3) is 7.13. The molecule has 1 heterocycles. The van der Waals surface area contributed by atoms with Crippen LogP contribution in [0.25, 0.3) is 0 Å². The Bertz CT molecular complexity index is 784. The van der Waals surface area contributed by atoms with Gasteiger partial charge in [0.05, 0.1) is 5.56 Å². The van der Waals surface area contributed by atoms with Crippen LogP contribution in [0.15, 0.2) is 41.9 Å². The summed E-state index contributed by atoms with van der Waals surface area (Å²) in [5.41, 5.74) is 0.163. The summed E-state index contributed by atoms with van der Waals surface area (Å²) in [6, 6.07) is 5.16. The number of hydrogen-bond acceptors (Lipinski definition) is 3. The van der Waals surface area contributed by atoms with Crippen LogP contribution in [0, 0.1) is 6.92 Å². The van der Waals surface area contributed by atoms with Crippen LogP contribution in [-0.4, -0.2) is 33.8 Å². The van der Waals surface area contributed by atoms with Crippen LogP contribution >= 0.6 is 24.0 Å². The van der Waals surface area contributed by atoms with Gasteiger partial charge in [0, 0.05) is 20.1 Å². The molecule has 0 saturated carbocycles. The van der Waals surface area contributed by atoms with E-state index in [4.69, 9.17) is 0 Å². The second-order valence-corrected chi connectivity index (χ2v) is 5.93. The topological polar surface area (TPSA) is 67.1 Å². The summed E-state index contributed by atoms with van der Waals surface area (Å²) >= 11 is 0. The number of aromatic nitrogens is 3. The summed E-state index contributed by atoms with van der Waals surface area (Å²) in [6.45, 7) is 6.92. The van der Waals surface area contributed by atoms with Gasteiger partial charge in [0.1, 0.15) is 12.4 Å². The van der Waals surface area contributed by atoms with Gasteiger partial charge in [-0.25, -0.2) is 4.99 Å². The van der Waals surface area contributed by atoms with Crippen molar-refractivity contribution < 1.29 is 13.2 Å². The number of hydrogen-bond donors (Lipinski definition) is 2. The highest BCUT2D eigenvalue weighted by molar-refractivity contribution is 14.0. The highest BCUT2D eigenvalue weighted by Crippen LogP contribution is 2.29. The molecule has 28 heavy (non-hydrogen) atoms. The zero-order chi connectivity index (χ0) is 19.9. The lowest BCUT2D eigenvalue weighted by molar-refractivity contribution is -0.137. The Morgan fingerprint density at radius 2 is 1.89 bits per heavy atom. The van der Waals surface area contributed by atoms with E-state index < -0.39 is 11.7 Å². The summed E-state index contributed by atoms with van der Waals surface area (Å²) in [5, 5.41) is 14.3. The normalized spacial score (nSPS) is 11.7. The second kappa shape index (κ2) is 11.0. The van der Waals surface area contributed by atoms with Crippen molar-refractivity contribution in [3.63, 3.8) is 0 Å². The molecule has 0 unspecified atom stereocenters. The molecular weight excluding hydrogens is 484 g/mol. The lowest BCUT2D eigenvalue weighted by atomic mass is 10.1. The van der Waals surface area contributed by atoms with Gasteiger partial charge in [0.15, 0.2) is 11.8 Å². The van der Waals surface area contributed by atoms with E-state index in [1.165, 1.54) is 12.1 Å². The Hall–Kier alpha value is -2.11. The van der Waals surface area contributed by atoms with E-state index in [2.05, 4.69) is 32.4 Å². The Labute approximate surface area is 179 Å². The molecule has 0 aliphatic carbocycles. The molecule has 1 aromatic carbocycles. The van der Waals surface area contributed by atoms with Crippen LogP contribution in [0.4, 0.5) is 13.2 Å². The Kier molecular flexibility index (Phi) is 9.42. The van der Waals surface area contributed by atoms with Crippen molar-refractivity contribution in [2.45, 2.75) is 26.1 Å². The number of aliphatic imine (C=N–C) groups is 1. The first-order chi connectivity index (χ1) is 12.8. The first-order valence-corrected chi connectivity index (χ1v) is 8.45. The molecule has 0 aliphatic rings. The summed E-state index contributed by atoms with van der Waals surface area (Å²) in [7, 11) is 1.87. The molecule has 0 fully saturated rings. The van der Waals surface area contributed by atoms with Crippen molar-refractivity contribution in [2.24, 2.45) is 12.0 Å². The highest BCUT2D eigenvalue weighted by Gasteiger charge is 2.29. The fourth-order valence-electron chi connectivity index (χ4n) is 2.27. The zero-order valence-electron chi connectivity index (χ0n) is 15.8. The third-order valence-electron chi connectivity index (χ3n) is 3.96. The molecule has 2 rings (SSSR count). The molecular formula is C18H24F3IN6. The molecule has 0 amide bonds. The number of nitrogens with one attached hydrogen (secondary N) is 2. The molecule has 0 spiro atoms. The molecule has 10 heteroatoms. The third-order valence-corrected chi connectivity index (χ3v) is 3.96. The maximum absolute atomic E-state index is 12.6. The fourth-order valence-corrected chi connectivity index (χ4v) is 2.27. The zero-order valence-corrected chi connectivity index (χ0v) is 18.1. The average molecular weight is 508 g/mol. The number of benzene rings is 1. The van der Waals surface area contributed by atoms with Crippen LogP contribution < -0.4 is 10.6 Å². The number of aryl methyl sites for hydroxylation is 1. The minimum atomic E-state index is -4.32. The molecule has 154 valence electrons. The first-order valence-electron chi connectivity index (χ1n) is 8.45. The number of guanidine groups is 1. The van der Waals surface area contributed by atoms with Gasteiger partial charge in [-0.05, 0) is 31.0 Å². The molecule has 0 aliphatic heterocycles. The van der Waals surface area contributed by atoms with E-state index in [-0.39, 0.29) is 24.0 Å². The van der Waals surface area contributed by atoms with Crippen molar-refractivity contribution in [3.8, 4) is 0 Å². The van der Waals surface area contributed by atoms with Crippen molar-refractivity contribution in [1.82, 2.24) is 25.4 Å². The van der Waals surface area contributed by atoms with Gasteiger partial charge in [-0.15, -0.1) is 40.8 Å². The van der Waals surface area contributed by atoms with Crippen molar-refractivity contribution in [1.29, 1.82) is 0 Å². The molecule has 2 N–H and O–H groups in total. The molecule has 0 bridgehead atoms. The maximum atomic E-state index is 12.6. The van der Waals surface area contributed by atoms with E-state index in [1.807, 2.05) is 18.5 Å². The summed E-state index contributed by atoms with van der Waals surface area (Å²) in [5.74, 6) is 2.11. The van der Waals surface area contributed by atoms with E-state index in [0.29, 0.717) is 32.0 Å². The van der Waals surface area contributed by atoms with Gasteiger partial charge in [0.25, 0.3) is 0 Å². The lowest BCUT2D eigenvalue weighted by Gasteiger charge is -2.12. The predicted octanol–water partition coefficient (Wildman–Crippen LogP) is 3.22. The Morgan fingerprint density at radius 1 is 1.21 bits per heavy atom. The average Bonchev–Trinajstić information content (AvgIpc) is 2.95. The van der Waals surface area contributed by atoms with Gasteiger partial charge < -0.3 is 15.2 Å². The van der Waals surface area contributed by atoms with Gasteiger partial charge >= 0.3 is 6.18 Å². The SMILES string of the molecule is C=CCNC(=NCc1nnc(C)n1C)NCCc1ccc(C(F)(F)F)cc1.I. The largest absolute Gasteiger partial charge is 0.416 e. The maximum Gasteiger partial charge on any atom is 0.416 e. The molecule has 0 radical (unpaired) electrons. The van der Waals surface area contributed by atoms with Gasteiger partial charge in [-0.2, -0.15) is 13.2 Å². The quantitative estimate of drug-likeness (QED) is 0.261. The minimum absolute atomic E-state index is 0. The van der Waals surface area contributed by atoms with Crippen molar-refractivity contribution in [3.05, 3.63) is 59.7 Å². The summed E-state index contributed by atoms with van der Waals surface area (Å²) < 4.78 is 39.6. The van der Waals surface area contributed by atoms with Crippen LogP contribution in [-0.2, 0) is 26.2 Å². The van der Waals surface area contributed by atoms with Gasteiger partial charge in [0.2, 0.25) is 0 Å². The number of alkyl halides is 3.